The molecule has 1 rings (SSSR count). The zero-order valence-electron chi connectivity index (χ0n) is 10.2. The van der Waals surface area contributed by atoms with E-state index in [1.54, 1.807) is 12.1 Å². The maximum atomic E-state index is 9.05. The summed E-state index contributed by atoms with van der Waals surface area (Å²) in [5.41, 5.74) is 0.653. The van der Waals surface area contributed by atoms with E-state index in [1.807, 2.05) is 0 Å². The van der Waals surface area contributed by atoms with Crippen LogP contribution in [0.15, 0.2) is 12.1 Å². The van der Waals surface area contributed by atoms with Crippen LogP contribution in [0.5, 0.6) is 11.5 Å². The molecule has 0 aliphatic rings. The highest BCUT2D eigenvalue weighted by Crippen LogP contribution is 2.36. The highest BCUT2D eigenvalue weighted by atomic mass is 35.5. The molecule has 1 aromatic rings. The molecule has 2 N–H and O–H groups in total. The number of aliphatic hydroxyl groups excluding tert-OH is 2. The van der Waals surface area contributed by atoms with Gasteiger partial charge < -0.3 is 24.4 Å². The Bertz CT molecular complexity index is 370. The first-order chi connectivity index (χ1) is 8.72. The second kappa shape index (κ2) is 8.16. The lowest BCUT2D eigenvalue weighted by atomic mass is 10.2. The van der Waals surface area contributed by atoms with Gasteiger partial charge in [-0.05, 0) is 17.7 Å². The van der Waals surface area contributed by atoms with Crippen molar-refractivity contribution in [3.05, 3.63) is 22.7 Å². The zero-order chi connectivity index (χ0) is 13.4. The van der Waals surface area contributed by atoms with Gasteiger partial charge in [-0.2, -0.15) is 0 Å². The smallest absolute Gasteiger partial charge is 0.179 e. The van der Waals surface area contributed by atoms with Crippen molar-refractivity contribution < 1.29 is 24.4 Å². The van der Waals surface area contributed by atoms with Gasteiger partial charge in [-0.3, -0.25) is 0 Å². The van der Waals surface area contributed by atoms with Crippen LogP contribution in [0.2, 0.25) is 5.02 Å². The highest BCUT2D eigenvalue weighted by Gasteiger charge is 2.11. The van der Waals surface area contributed by atoms with Gasteiger partial charge in [0.25, 0.3) is 0 Å². The number of rotatable bonds is 8. The van der Waals surface area contributed by atoms with Gasteiger partial charge in [0, 0.05) is 0 Å². The molecule has 0 saturated heterocycles. The SMILES string of the molecule is COc1cc(CO)cc(Cl)c1OCCOCCO. The van der Waals surface area contributed by atoms with E-state index in [0.29, 0.717) is 35.3 Å². The van der Waals surface area contributed by atoms with E-state index in [4.69, 9.17) is 36.0 Å². The first-order valence-corrected chi connectivity index (χ1v) is 5.89. The van der Waals surface area contributed by atoms with Crippen LogP contribution in [0.25, 0.3) is 0 Å². The predicted octanol–water partition coefficient (Wildman–Crippen LogP) is 1.23. The van der Waals surface area contributed by atoms with Crippen LogP contribution < -0.4 is 9.47 Å². The third-order valence-corrected chi connectivity index (χ3v) is 2.46. The van der Waals surface area contributed by atoms with Crippen LogP contribution in [0, 0.1) is 0 Å². The molecule has 0 aromatic heterocycles. The summed E-state index contributed by atoms with van der Waals surface area (Å²) in [6, 6.07) is 3.28. The summed E-state index contributed by atoms with van der Waals surface area (Å²) in [6.45, 7) is 0.791. The van der Waals surface area contributed by atoms with Gasteiger partial charge in [0.2, 0.25) is 0 Å². The van der Waals surface area contributed by atoms with Crippen LogP contribution in [-0.4, -0.2) is 43.8 Å². The van der Waals surface area contributed by atoms with Gasteiger partial charge in [0.05, 0.1) is 38.6 Å². The molecule has 0 amide bonds. The third kappa shape index (κ3) is 4.34. The fourth-order valence-corrected chi connectivity index (χ4v) is 1.66. The molecule has 0 atom stereocenters. The fourth-order valence-electron chi connectivity index (χ4n) is 1.37. The van der Waals surface area contributed by atoms with Crippen LogP contribution in [0.3, 0.4) is 0 Å². The molecule has 0 spiro atoms. The summed E-state index contributed by atoms with van der Waals surface area (Å²) in [7, 11) is 1.50. The van der Waals surface area contributed by atoms with Gasteiger partial charge in [-0.25, -0.2) is 0 Å². The molecule has 0 heterocycles. The van der Waals surface area contributed by atoms with Crippen molar-refractivity contribution in [1.82, 2.24) is 0 Å². The van der Waals surface area contributed by atoms with Crippen LogP contribution in [-0.2, 0) is 11.3 Å². The average Bonchev–Trinajstić information content (AvgIpc) is 2.39. The van der Waals surface area contributed by atoms with Gasteiger partial charge in [0.1, 0.15) is 6.61 Å². The number of aliphatic hydroxyl groups is 2. The van der Waals surface area contributed by atoms with Crippen molar-refractivity contribution in [3.8, 4) is 11.5 Å². The molecule has 0 fully saturated rings. The molecule has 102 valence electrons. The molecule has 0 aliphatic heterocycles. The monoisotopic (exact) mass is 276 g/mol. The average molecular weight is 277 g/mol. The van der Waals surface area contributed by atoms with Crippen LogP contribution in [0.4, 0.5) is 0 Å². The number of halogens is 1. The number of benzene rings is 1. The maximum Gasteiger partial charge on any atom is 0.179 e. The second-order valence-electron chi connectivity index (χ2n) is 3.45. The number of hydrogen-bond acceptors (Lipinski definition) is 5. The summed E-state index contributed by atoms with van der Waals surface area (Å²) < 4.78 is 15.7. The van der Waals surface area contributed by atoms with Gasteiger partial charge in [0.15, 0.2) is 11.5 Å². The highest BCUT2D eigenvalue weighted by molar-refractivity contribution is 6.32. The van der Waals surface area contributed by atoms with Crippen molar-refractivity contribution >= 4 is 11.6 Å². The molecule has 0 saturated carbocycles. The van der Waals surface area contributed by atoms with E-state index in [-0.39, 0.29) is 19.8 Å². The van der Waals surface area contributed by atoms with E-state index in [9.17, 15) is 0 Å². The van der Waals surface area contributed by atoms with Crippen LogP contribution >= 0.6 is 11.6 Å². The minimum absolute atomic E-state index is 0.0186. The van der Waals surface area contributed by atoms with E-state index >= 15 is 0 Å². The zero-order valence-corrected chi connectivity index (χ0v) is 10.9. The van der Waals surface area contributed by atoms with Gasteiger partial charge >= 0.3 is 0 Å². The molecule has 0 radical (unpaired) electrons. The molecular weight excluding hydrogens is 260 g/mol. The molecule has 18 heavy (non-hydrogen) atoms. The van der Waals surface area contributed by atoms with Gasteiger partial charge in [-0.1, -0.05) is 11.6 Å². The van der Waals surface area contributed by atoms with Crippen molar-refractivity contribution in [2.24, 2.45) is 0 Å². The largest absolute Gasteiger partial charge is 0.493 e. The fraction of sp³-hybridized carbons (Fsp3) is 0.500. The van der Waals surface area contributed by atoms with E-state index in [1.165, 1.54) is 7.11 Å². The molecular formula is C12H17ClO5. The normalized spacial score (nSPS) is 10.4. The minimum Gasteiger partial charge on any atom is -0.493 e. The van der Waals surface area contributed by atoms with Crippen molar-refractivity contribution in [2.45, 2.75) is 6.61 Å². The van der Waals surface area contributed by atoms with Crippen molar-refractivity contribution in [3.63, 3.8) is 0 Å². The predicted molar refractivity (Wildman–Crippen MR) is 67.3 cm³/mol. The Labute approximate surface area is 111 Å². The lowest BCUT2D eigenvalue weighted by Gasteiger charge is -2.13. The molecule has 0 bridgehead atoms. The molecule has 1 aromatic carbocycles. The van der Waals surface area contributed by atoms with E-state index in [0.717, 1.165) is 0 Å². The quantitative estimate of drug-likeness (QED) is 0.699. The molecule has 0 unspecified atom stereocenters. The summed E-state index contributed by atoms with van der Waals surface area (Å²) in [5, 5.41) is 18.0. The topological polar surface area (TPSA) is 68.2 Å². The molecule has 5 nitrogen and oxygen atoms in total. The van der Waals surface area contributed by atoms with Gasteiger partial charge in [-0.15, -0.1) is 0 Å². The molecule has 0 aliphatic carbocycles. The third-order valence-electron chi connectivity index (χ3n) is 2.18. The number of ether oxygens (including phenoxy) is 3. The Kier molecular flexibility index (Phi) is 6.82. The summed E-state index contributed by atoms with van der Waals surface area (Å²) in [6.07, 6.45) is 0. The first-order valence-electron chi connectivity index (χ1n) is 5.51. The minimum atomic E-state index is -0.115. The van der Waals surface area contributed by atoms with Crippen molar-refractivity contribution in [2.75, 3.05) is 33.5 Å². The van der Waals surface area contributed by atoms with Crippen molar-refractivity contribution in [1.29, 1.82) is 0 Å². The standard InChI is InChI=1S/C12H17ClO5/c1-16-11-7-9(8-15)6-10(13)12(11)18-5-4-17-3-2-14/h6-7,14-15H,2-5,8H2,1H3. The van der Waals surface area contributed by atoms with E-state index < -0.39 is 0 Å². The Morgan fingerprint density at radius 1 is 1.17 bits per heavy atom. The number of methoxy groups -OCH3 is 1. The summed E-state index contributed by atoms with van der Waals surface area (Å²) in [5.74, 6) is 0.887. The summed E-state index contributed by atoms with van der Waals surface area (Å²) >= 11 is 6.04. The Morgan fingerprint density at radius 3 is 2.56 bits per heavy atom. The van der Waals surface area contributed by atoms with Crippen LogP contribution in [0.1, 0.15) is 5.56 Å². The Morgan fingerprint density at radius 2 is 1.94 bits per heavy atom. The maximum absolute atomic E-state index is 9.05. The lowest BCUT2D eigenvalue weighted by Crippen LogP contribution is -2.10. The lowest BCUT2D eigenvalue weighted by molar-refractivity contribution is 0.0699. The first kappa shape index (κ1) is 15.0. The summed E-state index contributed by atoms with van der Waals surface area (Å²) in [4.78, 5) is 0. The Balaban J connectivity index is 2.63. The number of hydrogen-bond donors (Lipinski definition) is 2. The Hall–Kier alpha value is -1.01. The molecule has 6 heteroatoms. The van der Waals surface area contributed by atoms with E-state index in [2.05, 4.69) is 0 Å². The second-order valence-corrected chi connectivity index (χ2v) is 3.86.